The van der Waals surface area contributed by atoms with Crippen LogP contribution in [0.5, 0.6) is 0 Å². The van der Waals surface area contributed by atoms with Gasteiger partial charge in [0, 0.05) is 18.7 Å². The van der Waals surface area contributed by atoms with Crippen molar-refractivity contribution in [2.45, 2.75) is 6.54 Å². The second kappa shape index (κ2) is 5.41. The Labute approximate surface area is 98.9 Å². The van der Waals surface area contributed by atoms with Gasteiger partial charge in [-0.3, -0.25) is 0 Å². The highest BCUT2D eigenvalue weighted by Crippen LogP contribution is 2.12. The van der Waals surface area contributed by atoms with Gasteiger partial charge in [-0.1, -0.05) is 18.2 Å². The summed E-state index contributed by atoms with van der Waals surface area (Å²) < 4.78 is 18.7. The van der Waals surface area contributed by atoms with Crippen molar-refractivity contribution in [3.8, 4) is 6.19 Å². The van der Waals surface area contributed by atoms with E-state index in [1.54, 1.807) is 24.4 Å². The van der Waals surface area contributed by atoms with E-state index in [-0.39, 0.29) is 5.82 Å². The monoisotopic (exact) mass is 233 g/mol. The van der Waals surface area contributed by atoms with Crippen LogP contribution in [0.1, 0.15) is 5.56 Å². The average Bonchev–Trinajstić information content (AvgIpc) is 2.35. The van der Waals surface area contributed by atoms with Gasteiger partial charge in [0.1, 0.15) is 18.3 Å². The normalized spacial score (nSPS) is 18.1. The summed E-state index contributed by atoms with van der Waals surface area (Å²) in [5.41, 5.74) is 0.597. The molecule has 1 saturated heterocycles. The number of benzene rings is 1. The van der Waals surface area contributed by atoms with Gasteiger partial charge in [-0.15, -0.1) is 0 Å². The number of aliphatic imine (C=N–C) groups is 1. The van der Waals surface area contributed by atoms with Crippen molar-refractivity contribution in [3.05, 3.63) is 35.6 Å². The van der Waals surface area contributed by atoms with Gasteiger partial charge in [0.05, 0.1) is 6.61 Å². The molecule has 0 atom stereocenters. The van der Waals surface area contributed by atoms with Gasteiger partial charge < -0.3 is 9.64 Å². The van der Waals surface area contributed by atoms with E-state index in [0.717, 1.165) is 0 Å². The molecule has 4 nitrogen and oxygen atoms in total. The maximum Gasteiger partial charge on any atom is 0.207 e. The van der Waals surface area contributed by atoms with Gasteiger partial charge in [-0.05, 0) is 6.07 Å². The van der Waals surface area contributed by atoms with E-state index in [9.17, 15) is 4.39 Å². The van der Waals surface area contributed by atoms with Crippen molar-refractivity contribution in [2.75, 3.05) is 19.8 Å². The van der Waals surface area contributed by atoms with Crippen molar-refractivity contribution in [1.29, 1.82) is 5.26 Å². The topological polar surface area (TPSA) is 48.6 Å². The maximum atomic E-state index is 13.5. The number of amidine groups is 1. The van der Waals surface area contributed by atoms with Crippen LogP contribution in [-0.4, -0.2) is 30.5 Å². The minimum Gasteiger partial charge on any atom is -0.372 e. The Balaban J connectivity index is 2.14. The molecule has 1 aromatic carbocycles. The minimum absolute atomic E-state index is 0.240. The number of halogens is 1. The zero-order chi connectivity index (χ0) is 12.1. The van der Waals surface area contributed by atoms with Gasteiger partial charge in [0.25, 0.3) is 0 Å². The van der Waals surface area contributed by atoms with E-state index in [0.29, 0.717) is 37.7 Å². The Hall–Kier alpha value is -1.93. The molecule has 0 saturated carbocycles. The molecule has 1 aromatic rings. The summed E-state index contributed by atoms with van der Waals surface area (Å²) in [5, 5.41) is 8.56. The molecular weight excluding hydrogens is 221 g/mol. The summed E-state index contributed by atoms with van der Waals surface area (Å²) in [5.74, 6) is 0.317. The molecule has 88 valence electrons. The van der Waals surface area contributed by atoms with Crippen LogP contribution in [0, 0.1) is 17.3 Å². The number of hydrogen-bond donors (Lipinski definition) is 0. The number of nitriles is 1. The summed E-state index contributed by atoms with van der Waals surface area (Å²) >= 11 is 0. The van der Waals surface area contributed by atoms with E-state index in [4.69, 9.17) is 10.00 Å². The third-order valence-electron chi connectivity index (χ3n) is 2.60. The predicted octanol–water partition coefficient (Wildman–Crippen LogP) is 1.54. The molecule has 0 spiro atoms. The van der Waals surface area contributed by atoms with Gasteiger partial charge in [-0.25, -0.2) is 4.39 Å². The van der Waals surface area contributed by atoms with Crippen molar-refractivity contribution in [2.24, 2.45) is 4.99 Å². The Morgan fingerprint density at radius 2 is 2.29 bits per heavy atom. The molecule has 0 aliphatic carbocycles. The number of nitrogens with zero attached hydrogens (tertiary/aromatic N) is 3. The van der Waals surface area contributed by atoms with E-state index >= 15 is 0 Å². The molecule has 2 rings (SSSR count). The maximum absolute atomic E-state index is 13.5. The summed E-state index contributed by atoms with van der Waals surface area (Å²) in [4.78, 5) is 5.56. The predicted molar refractivity (Wildman–Crippen MR) is 60.7 cm³/mol. The Morgan fingerprint density at radius 3 is 3.06 bits per heavy atom. The Bertz CT molecular complexity index is 467. The standard InChI is InChI=1S/C12H12FN3O/c13-11-4-2-1-3-10(11)7-16-5-6-17-8-12(16)15-9-14/h1-4H,5-8H2. The van der Waals surface area contributed by atoms with Crippen LogP contribution >= 0.6 is 0 Å². The molecule has 1 aliphatic heterocycles. The molecule has 0 bridgehead atoms. The lowest BCUT2D eigenvalue weighted by atomic mass is 10.2. The molecular formula is C12H12FN3O. The quantitative estimate of drug-likeness (QED) is 0.728. The van der Waals surface area contributed by atoms with Gasteiger partial charge in [-0.2, -0.15) is 10.3 Å². The smallest absolute Gasteiger partial charge is 0.207 e. The van der Waals surface area contributed by atoms with Crippen LogP contribution in [0.2, 0.25) is 0 Å². The van der Waals surface area contributed by atoms with Crippen LogP contribution in [0.15, 0.2) is 29.3 Å². The van der Waals surface area contributed by atoms with Crippen LogP contribution in [0.25, 0.3) is 0 Å². The van der Waals surface area contributed by atoms with Crippen LogP contribution in [-0.2, 0) is 11.3 Å². The van der Waals surface area contributed by atoms with E-state index in [1.807, 2.05) is 4.90 Å². The fourth-order valence-electron chi connectivity index (χ4n) is 1.72. The second-order valence-electron chi connectivity index (χ2n) is 3.69. The largest absolute Gasteiger partial charge is 0.372 e. The number of hydrogen-bond acceptors (Lipinski definition) is 3. The van der Waals surface area contributed by atoms with Crippen LogP contribution < -0.4 is 0 Å². The van der Waals surface area contributed by atoms with E-state index in [2.05, 4.69) is 4.99 Å². The number of rotatable bonds is 2. The van der Waals surface area contributed by atoms with Crippen LogP contribution in [0.3, 0.4) is 0 Å². The second-order valence-corrected chi connectivity index (χ2v) is 3.69. The minimum atomic E-state index is -0.240. The van der Waals surface area contributed by atoms with E-state index < -0.39 is 0 Å². The molecule has 0 unspecified atom stereocenters. The first-order valence-electron chi connectivity index (χ1n) is 5.33. The SMILES string of the molecule is N#CN=C1COCCN1Cc1ccccc1F. The molecule has 1 fully saturated rings. The lowest BCUT2D eigenvalue weighted by molar-refractivity contribution is 0.113. The lowest BCUT2D eigenvalue weighted by Crippen LogP contribution is -2.41. The first-order chi connectivity index (χ1) is 8.31. The van der Waals surface area contributed by atoms with Crippen molar-refractivity contribution in [3.63, 3.8) is 0 Å². The number of ether oxygens (including phenoxy) is 1. The van der Waals surface area contributed by atoms with E-state index in [1.165, 1.54) is 6.07 Å². The Morgan fingerprint density at radius 1 is 1.47 bits per heavy atom. The zero-order valence-electron chi connectivity index (χ0n) is 9.27. The molecule has 0 N–H and O–H groups in total. The molecule has 1 aliphatic rings. The molecule has 0 aromatic heterocycles. The summed E-state index contributed by atoms with van der Waals surface area (Å²) in [6.07, 6.45) is 1.74. The molecule has 1 heterocycles. The first kappa shape index (κ1) is 11.6. The summed E-state index contributed by atoms with van der Waals surface area (Å²) in [7, 11) is 0. The molecule has 5 heteroatoms. The molecule has 17 heavy (non-hydrogen) atoms. The van der Waals surface area contributed by atoms with Crippen LogP contribution in [0.4, 0.5) is 4.39 Å². The summed E-state index contributed by atoms with van der Waals surface area (Å²) in [6, 6.07) is 6.61. The summed E-state index contributed by atoms with van der Waals surface area (Å²) in [6.45, 7) is 1.91. The highest BCUT2D eigenvalue weighted by molar-refractivity contribution is 5.84. The van der Waals surface area contributed by atoms with Gasteiger partial charge >= 0.3 is 0 Å². The third kappa shape index (κ3) is 2.80. The molecule has 0 amide bonds. The zero-order valence-corrected chi connectivity index (χ0v) is 9.27. The fraction of sp³-hybridized carbons (Fsp3) is 0.333. The van der Waals surface area contributed by atoms with Crippen molar-refractivity contribution in [1.82, 2.24) is 4.90 Å². The fourth-order valence-corrected chi connectivity index (χ4v) is 1.72. The third-order valence-corrected chi connectivity index (χ3v) is 2.60. The highest BCUT2D eigenvalue weighted by Gasteiger charge is 2.18. The lowest BCUT2D eigenvalue weighted by Gasteiger charge is -2.29. The first-order valence-corrected chi connectivity index (χ1v) is 5.33. The van der Waals surface area contributed by atoms with Gasteiger partial charge in [0.15, 0.2) is 0 Å². The Kier molecular flexibility index (Phi) is 3.68. The van der Waals surface area contributed by atoms with Gasteiger partial charge in [0.2, 0.25) is 6.19 Å². The highest BCUT2D eigenvalue weighted by atomic mass is 19.1. The molecule has 0 radical (unpaired) electrons. The average molecular weight is 233 g/mol. The van der Waals surface area contributed by atoms with Crippen molar-refractivity contribution >= 4 is 5.84 Å². The van der Waals surface area contributed by atoms with Crippen molar-refractivity contribution < 1.29 is 9.13 Å². The number of morpholine rings is 1.